The van der Waals surface area contributed by atoms with E-state index in [1.807, 2.05) is 71.6 Å². The second-order valence-corrected chi connectivity index (χ2v) is 8.18. The van der Waals surface area contributed by atoms with Crippen LogP contribution in [0, 0.1) is 0 Å². The second-order valence-electron chi connectivity index (χ2n) is 7.33. The molecule has 1 aliphatic heterocycles. The van der Waals surface area contributed by atoms with Crippen LogP contribution in [0.3, 0.4) is 0 Å². The number of halogens is 1. The van der Waals surface area contributed by atoms with Crippen molar-refractivity contribution in [2.45, 2.75) is 6.61 Å². The second kappa shape index (κ2) is 9.88. The summed E-state index contributed by atoms with van der Waals surface area (Å²) in [6, 6.07) is 23.4. The molecule has 0 aromatic heterocycles. The third-order valence-electron chi connectivity index (χ3n) is 5.45. The lowest BCUT2D eigenvalue weighted by atomic mass is 10.1. The third kappa shape index (κ3) is 4.85. The van der Waals surface area contributed by atoms with E-state index in [1.165, 1.54) is 0 Å². The van der Waals surface area contributed by atoms with Crippen LogP contribution in [0.15, 0.2) is 77.3 Å². The fraction of sp³-hybridized carbons (Fsp3) is 0.240. The molecule has 31 heavy (non-hydrogen) atoms. The van der Waals surface area contributed by atoms with E-state index in [1.54, 1.807) is 7.11 Å². The smallest absolute Gasteiger partial charge is 0.257 e. The molecule has 0 aliphatic carbocycles. The SMILES string of the molecule is COc1ccccc1N1CCN(C(=O)c2ccccc2OCc2ccccc2Br)CC1. The maximum atomic E-state index is 13.3. The fourth-order valence-electron chi connectivity index (χ4n) is 3.75. The molecule has 0 atom stereocenters. The number of anilines is 1. The van der Waals surface area contributed by atoms with E-state index in [2.05, 4.69) is 26.9 Å². The summed E-state index contributed by atoms with van der Waals surface area (Å²) in [4.78, 5) is 17.4. The molecular weight excluding hydrogens is 456 g/mol. The Kier molecular flexibility index (Phi) is 6.77. The van der Waals surface area contributed by atoms with Gasteiger partial charge in [0.1, 0.15) is 18.1 Å². The van der Waals surface area contributed by atoms with Crippen molar-refractivity contribution in [2.75, 3.05) is 38.2 Å². The van der Waals surface area contributed by atoms with Gasteiger partial charge in [0.05, 0.1) is 18.4 Å². The van der Waals surface area contributed by atoms with Gasteiger partial charge in [0.25, 0.3) is 5.91 Å². The van der Waals surface area contributed by atoms with Gasteiger partial charge in [-0.15, -0.1) is 0 Å². The lowest BCUT2D eigenvalue weighted by molar-refractivity contribution is 0.0741. The highest BCUT2D eigenvalue weighted by Crippen LogP contribution is 2.29. The number of para-hydroxylation sites is 3. The van der Waals surface area contributed by atoms with Crippen molar-refractivity contribution >= 4 is 27.5 Å². The molecule has 6 heteroatoms. The number of rotatable bonds is 6. The van der Waals surface area contributed by atoms with Crippen LogP contribution < -0.4 is 14.4 Å². The number of nitrogens with zero attached hydrogens (tertiary/aromatic N) is 2. The molecule has 4 rings (SSSR count). The minimum Gasteiger partial charge on any atom is -0.495 e. The minimum absolute atomic E-state index is 0.00223. The number of amides is 1. The zero-order valence-electron chi connectivity index (χ0n) is 17.5. The first kappa shape index (κ1) is 21.2. The number of hydrogen-bond acceptors (Lipinski definition) is 4. The standard InChI is InChI=1S/C25H25BrN2O3/c1-30-24-13-7-5-11-22(24)27-14-16-28(17-15-27)25(29)20-9-3-6-12-23(20)31-18-19-8-2-4-10-21(19)26/h2-13H,14-18H2,1H3. The van der Waals surface area contributed by atoms with Gasteiger partial charge < -0.3 is 19.3 Å². The van der Waals surface area contributed by atoms with E-state index in [-0.39, 0.29) is 5.91 Å². The summed E-state index contributed by atoms with van der Waals surface area (Å²) in [6.07, 6.45) is 0. The van der Waals surface area contributed by atoms with E-state index in [4.69, 9.17) is 9.47 Å². The molecule has 1 fully saturated rings. The van der Waals surface area contributed by atoms with Crippen LogP contribution in [0.2, 0.25) is 0 Å². The van der Waals surface area contributed by atoms with Crippen LogP contribution in [0.1, 0.15) is 15.9 Å². The Morgan fingerprint density at radius 2 is 1.52 bits per heavy atom. The Morgan fingerprint density at radius 1 is 0.871 bits per heavy atom. The van der Waals surface area contributed by atoms with E-state index in [0.717, 1.165) is 34.6 Å². The molecule has 0 unspecified atom stereocenters. The number of carbonyl (C=O) groups excluding carboxylic acids is 1. The van der Waals surface area contributed by atoms with E-state index in [0.29, 0.717) is 31.0 Å². The predicted molar refractivity (Wildman–Crippen MR) is 126 cm³/mol. The highest BCUT2D eigenvalue weighted by atomic mass is 79.9. The molecule has 0 saturated carbocycles. The summed E-state index contributed by atoms with van der Waals surface area (Å²) in [7, 11) is 1.68. The van der Waals surface area contributed by atoms with Crippen LogP contribution >= 0.6 is 15.9 Å². The maximum Gasteiger partial charge on any atom is 0.257 e. The van der Waals surface area contributed by atoms with Gasteiger partial charge in [0.2, 0.25) is 0 Å². The van der Waals surface area contributed by atoms with Gasteiger partial charge in [-0.3, -0.25) is 4.79 Å². The van der Waals surface area contributed by atoms with Gasteiger partial charge in [-0.25, -0.2) is 0 Å². The number of methoxy groups -OCH3 is 1. The van der Waals surface area contributed by atoms with Crippen molar-refractivity contribution in [3.63, 3.8) is 0 Å². The maximum absolute atomic E-state index is 13.3. The fourth-order valence-corrected chi connectivity index (χ4v) is 4.15. The van der Waals surface area contributed by atoms with Crippen LogP contribution in [0.25, 0.3) is 0 Å². The first-order valence-electron chi connectivity index (χ1n) is 10.3. The van der Waals surface area contributed by atoms with E-state index in [9.17, 15) is 4.79 Å². The van der Waals surface area contributed by atoms with Gasteiger partial charge in [-0.2, -0.15) is 0 Å². The molecule has 5 nitrogen and oxygen atoms in total. The van der Waals surface area contributed by atoms with E-state index < -0.39 is 0 Å². The van der Waals surface area contributed by atoms with Crippen molar-refractivity contribution < 1.29 is 14.3 Å². The first-order chi connectivity index (χ1) is 15.2. The molecule has 3 aromatic carbocycles. The molecule has 1 heterocycles. The van der Waals surface area contributed by atoms with Crippen LogP contribution in [0.4, 0.5) is 5.69 Å². The number of hydrogen-bond donors (Lipinski definition) is 0. The predicted octanol–water partition coefficient (Wildman–Crippen LogP) is 5.00. The van der Waals surface area contributed by atoms with Crippen molar-refractivity contribution in [1.29, 1.82) is 0 Å². The average molecular weight is 481 g/mol. The Balaban J connectivity index is 1.43. The molecular formula is C25H25BrN2O3. The van der Waals surface area contributed by atoms with Gasteiger partial charge >= 0.3 is 0 Å². The molecule has 1 aliphatic rings. The largest absolute Gasteiger partial charge is 0.495 e. The van der Waals surface area contributed by atoms with Crippen LogP contribution in [0.5, 0.6) is 11.5 Å². The Bertz CT molecular complexity index is 1050. The Hall–Kier alpha value is -2.99. The molecule has 0 spiro atoms. The summed E-state index contributed by atoms with van der Waals surface area (Å²) < 4.78 is 12.5. The van der Waals surface area contributed by atoms with Gasteiger partial charge in [0, 0.05) is 36.2 Å². The Labute approximate surface area is 191 Å². The first-order valence-corrected chi connectivity index (χ1v) is 11.1. The van der Waals surface area contributed by atoms with Crippen molar-refractivity contribution in [3.8, 4) is 11.5 Å². The minimum atomic E-state index is 0.00223. The molecule has 0 radical (unpaired) electrons. The molecule has 1 amide bonds. The lowest BCUT2D eigenvalue weighted by Gasteiger charge is -2.36. The lowest BCUT2D eigenvalue weighted by Crippen LogP contribution is -2.49. The molecule has 160 valence electrons. The number of benzene rings is 3. The Morgan fingerprint density at radius 3 is 2.26 bits per heavy atom. The summed E-state index contributed by atoms with van der Waals surface area (Å²) in [5.74, 6) is 1.46. The summed E-state index contributed by atoms with van der Waals surface area (Å²) in [5, 5.41) is 0. The van der Waals surface area contributed by atoms with Crippen molar-refractivity contribution in [3.05, 3.63) is 88.4 Å². The zero-order valence-corrected chi connectivity index (χ0v) is 19.0. The molecule has 0 bridgehead atoms. The molecule has 3 aromatic rings. The highest BCUT2D eigenvalue weighted by molar-refractivity contribution is 9.10. The summed E-state index contributed by atoms with van der Waals surface area (Å²) in [6.45, 7) is 3.20. The molecule has 1 saturated heterocycles. The third-order valence-corrected chi connectivity index (χ3v) is 6.22. The number of ether oxygens (including phenoxy) is 2. The highest BCUT2D eigenvalue weighted by Gasteiger charge is 2.25. The van der Waals surface area contributed by atoms with Gasteiger partial charge in [-0.05, 0) is 30.3 Å². The van der Waals surface area contributed by atoms with Crippen molar-refractivity contribution in [2.24, 2.45) is 0 Å². The number of piperazine rings is 1. The monoisotopic (exact) mass is 480 g/mol. The average Bonchev–Trinajstić information content (AvgIpc) is 2.83. The summed E-state index contributed by atoms with van der Waals surface area (Å²) in [5.41, 5.74) is 2.70. The normalized spacial score (nSPS) is 13.7. The molecule has 0 N–H and O–H groups in total. The zero-order chi connectivity index (χ0) is 21.6. The number of carbonyl (C=O) groups is 1. The topological polar surface area (TPSA) is 42.0 Å². The van der Waals surface area contributed by atoms with E-state index >= 15 is 0 Å². The van der Waals surface area contributed by atoms with Crippen molar-refractivity contribution in [1.82, 2.24) is 4.90 Å². The van der Waals surface area contributed by atoms with Gasteiger partial charge in [0.15, 0.2) is 0 Å². The quantitative estimate of drug-likeness (QED) is 0.497. The summed E-state index contributed by atoms with van der Waals surface area (Å²) >= 11 is 3.55. The van der Waals surface area contributed by atoms with Crippen LogP contribution in [-0.2, 0) is 6.61 Å². The van der Waals surface area contributed by atoms with Gasteiger partial charge in [-0.1, -0.05) is 58.4 Å². The van der Waals surface area contributed by atoms with Crippen LogP contribution in [-0.4, -0.2) is 44.1 Å².